The van der Waals surface area contributed by atoms with Crippen LogP contribution < -0.4 is 4.74 Å². The van der Waals surface area contributed by atoms with Crippen LogP contribution in [0.25, 0.3) is 16.3 Å². The van der Waals surface area contributed by atoms with Crippen molar-refractivity contribution in [3.63, 3.8) is 0 Å². The lowest BCUT2D eigenvalue weighted by Gasteiger charge is -2.21. The number of fused-ring (bicyclic) bond motifs is 2. The quantitative estimate of drug-likeness (QED) is 0.512. The minimum Gasteiger partial charge on any atom is -0.488 e. The molecule has 0 unspecified atom stereocenters. The molecular weight excluding hydrogens is 404 g/mol. The highest BCUT2D eigenvalue weighted by Gasteiger charge is 2.31. The highest BCUT2D eigenvalue weighted by atomic mass is 35.5. The summed E-state index contributed by atoms with van der Waals surface area (Å²) >= 11 is 7.76. The first-order valence-electron chi connectivity index (χ1n) is 9.64. The Balaban J connectivity index is 1.34. The first kappa shape index (κ1) is 18.4. The maximum Gasteiger partial charge on any atom is 0.247 e. The molecule has 2 aliphatic heterocycles. The van der Waals surface area contributed by atoms with Crippen LogP contribution in [0.4, 0.5) is 0 Å². The number of aromatic nitrogens is 1. The Bertz CT molecular complexity index is 1120. The zero-order chi connectivity index (χ0) is 19.8. The number of rotatable bonds is 3. The molecule has 29 heavy (non-hydrogen) atoms. The monoisotopic (exact) mass is 422 g/mol. The van der Waals surface area contributed by atoms with Crippen LogP contribution in [0, 0.1) is 0 Å². The van der Waals surface area contributed by atoms with E-state index in [4.69, 9.17) is 21.3 Å². The lowest BCUT2D eigenvalue weighted by molar-refractivity contribution is -0.126. The number of thiazole rings is 1. The number of hydrogen-bond donors (Lipinski definition) is 0. The van der Waals surface area contributed by atoms with Crippen LogP contribution in [0.1, 0.15) is 29.5 Å². The van der Waals surface area contributed by atoms with Gasteiger partial charge in [0, 0.05) is 23.2 Å². The lowest BCUT2D eigenvalue weighted by atomic mass is 10.1. The molecule has 5 rings (SSSR count). The van der Waals surface area contributed by atoms with Crippen LogP contribution in [0.3, 0.4) is 0 Å². The normalized spacial score (nSPS) is 18.7. The summed E-state index contributed by atoms with van der Waals surface area (Å²) in [7, 11) is 0. The molecule has 146 valence electrons. The molecule has 1 saturated heterocycles. The fourth-order valence-corrected chi connectivity index (χ4v) is 5.15. The van der Waals surface area contributed by atoms with Gasteiger partial charge in [-0.05, 0) is 54.8 Å². The molecule has 2 aromatic carbocycles. The van der Waals surface area contributed by atoms with Crippen molar-refractivity contribution in [3.05, 3.63) is 75.8 Å². The van der Waals surface area contributed by atoms with Crippen molar-refractivity contribution < 1.29 is 9.53 Å². The van der Waals surface area contributed by atoms with Gasteiger partial charge in [-0.1, -0.05) is 29.8 Å². The number of nitrogens with zero attached hydrogens (tertiary/aromatic N) is 2. The lowest BCUT2D eigenvalue weighted by Crippen LogP contribution is -2.28. The van der Waals surface area contributed by atoms with Gasteiger partial charge in [0.15, 0.2) is 0 Å². The van der Waals surface area contributed by atoms with E-state index in [1.165, 1.54) is 4.70 Å². The highest BCUT2D eigenvalue weighted by molar-refractivity contribution is 7.18. The average Bonchev–Trinajstić information content (AvgIpc) is 3.38. The molecule has 3 heterocycles. The molecule has 1 fully saturated rings. The summed E-state index contributed by atoms with van der Waals surface area (Å²) in [4.78, 5) is 19.6. The van der Waals surface area contributed by atoms with Crippen molar-refractivity contribution in [1.29, 1.82) is 0 Å². The molecule has 4 nitrogen and oxygen atoms in total. The van der Waals surface area contributed by atoms with Gasteiger partial charge in [0.2, 0.25) is 5.91 Å². The Morgan fingerprint density at radius 2 is 2.17 bits per heavy atom. The Morgan fingerprint density at radius 1 is 1.28 bits per heavy atom. The zero-order valence-electron chi connectivity index (χ0n) is 15.7. The molecule has 0 N–H and O–H groups in total. The van der Waals surface area contributed by atoms with E-state index in [1.807, 2.05) is 53.5 Å². The van der Waals surface area contributed by atoms with Crippen molar-refractivity contribution >= 4 is 45.1 Å². The third-order valence-electron chi connectivity index (χ3n) is 5.28. The Labute approximate surface area is 178 Å². The molecule has 2 aliphatic rings. The van der Waals surface area contributed by atoms with E-state index in [9.17, 15) is 4.79 Å². The van der Waals surface area contributed by atoms with Gasteiger partial charge < -0.3 is 9.64 Å². The van der Waals surface area contributed by atoms with E-state index in [0.29, 0.717) is 11.6 Å². The van der Waals surface area contributed by atoms with Crippen molar-refractivity contribution in [3.8, 4) is 5.75 Å². The van der Waals surface area contributed by atoms with E-state index in [1.54, 1.807) is 17.4 Å². The minimum atomic E-state index is 0.0181. The van der Waals surface area contributed by atoms with Gasteiger partial charge in [-0.15, -0.1) is 11.3 Å². The zero-order valence-corrected chi connectivity index (χ0v) is 17.2. The van der Waals surface area contributed by atoms with Crippen LogP contribution in [0.5, 0.6) is 5.75 Å². The van der Waals surface area contributed by atoms with Crippen molar-refractivity contribution in [2.24, 2.45) is 0 Å². The fraction of sp³-hybridized carbons (Fsp3) is 0.217. The molecule has 0 spiro atoms. The molecule has 0 aliphatic carbocycles. The number of para-hydroxylation sites is 1. The number of hydrogen-bond acceptors (Lipinski definition) is 4. The van der Waals surface area contributed by atoms with Gasteiger partial charge >= 0.3 is 0 Å². The number of likely N-dealkylation sites (tertiary alicyclic amines) is 1. The molecule has 1 atom stereocenters. The second kappa shape index (κ2) is 7.65. The Morgan fingerprint density at radius 3 is 3.07 bits per heavy atom. The summed E-state index contributed by atoms with van der Waals surface area (Å²) in [5.41, 5.74) is 2.89. The fourth-order valence-electron chi connectivity index (χ4n) is 3.86. The molecule has 1 aromatic heterocycles. The van der Waals surface area contributed by atoms with E-state index < -0.39 is 0 Å². The van der Waals surface area contributed by atoms with E-state index in [-0.39, 0.29) is 11.9 Å². The number of halogens is 1. The number of amides is 1. The SMILES string of the molecule is O=C(/C=C\C1=Cc2cc(Cl)ccc2OC1)N1CCC[C@@H]1c1nc2ccccc2s1. The van der Waals surface area contributed by atoms with Crippen LogP contribution in [-0.4, -0.2) is 28.9 Å². The van der Waals surface area contributed by atoms with E-state index in [2.05, 4.69) is 6.07 Å². The number of carbonyl (C=O) groups excluding carboxylic acids is 1. The molecule has 0 bridgehead atoms. The number of benzene rings is 2. The molecule has 0 saturated carbocycles. The summed E-state index contributed by atoms with van der Waals surface area (Å²) in [6.07, 6.45) is 7.47. The Hall–Kier alpha value is -2.63. The second-order valence-corrected chi connectivity index (χ2v) is 8.73. The molecule has 0 radical (unpaired) electrons. The number of carbonyl (C=O) groups is 1. The average molecular weight is 423 g/mol. The summed E-state index contributed by atoms with van der Waals surface area (Å²) in [6.45, 7) is 1.21. The van der Waals surface area contributed by atoms with Crippen LogP contribution in [0.15, 0.2) is 60.2 Å². The Kier molecular flexibility index (Phi) is 4.86. The van der Waals surface area contributed by atoms with Gasteiger partial charge in [0.25, 0.3) is 0 Å². The van der Waals surface area contributed by atoms with Gasteiger partial charge in [-0.2, -0.15) is 0 Å². The summed E-state index contributed by atoms with van der Waals surface area (Å²) in [6, 6.07) is 13.7. The second-order valence-electron chi connectivity index (χ2n) is 7.23. The van der Waals surface area contributed by atoms with Crippen LogP contribution in [-0.2, 0) is 4.79 Å². The third-order valence-corrected chi connectivity index (χ3v) is 6.65. The first-order chi connectivity index (χ1) is 14.2. The highest BCUT2D eigenvalue weighted by Crippen LogP contribution is 2.36. The van der Waals surface area contributed by atoms with Crippen molar-refractivity contribution in [2.45, 2.75) is 18.9 Å². The summed E-state index contributed by atoms with van der Waals surface area (Å²) in [5.74, 6) is 0.831. The summed E-state index contributed by atoms with van der Waals surface area (Å²) < 4.78 is 6.93. The van der Waals surface area contributed by atoms with Crippen molar-refractivity contribution in [1.82, 2.24) is 9.88 Å². The minimum absolute atomic E-state index is 0.0181. The van der Waals surface area contributed by atoms with Gasteiger partial charge in [-0.3, -0.25) is 4.79 Å². The topological polar surface area (TPSA) is 42.4 Å². The summed E-state index contributed by atoms with van der Waals surface area (Å²) in [5, 5.41) is 1.69. The van der Waals surface area contributed by atoms with Crippen LogP contribution in [0.2, 0.25) is 5.02 Å². The molecular formula is C23H19ClN2O2S. The van der Waals surface area contributed by atoms with E-state index in [0.717, 1.165) is 46.8 Å². The van der Waals surface area contributed by atoms with E-state index >= 15 is 0 Å². The molecule has 6 heteroatoms. The smallest absolute Gasteiger partial charge is 0.247 e. The van der Waals surface area contributed by atoms with Crippen molar-refractivity contribution in [2.75, 3.05) is 13.2 Å². The van der Waals surface area contributed by atoms with Gasteiger partial charge in [-0.25, -0.2) is 4.98 Å². The molecule has 1 amide bonds. The van der Waals surface area contributed by atoms with Gasteiger partial charge in [0.1, 0.15) is 17.4 Å². The standard InChI is InChI=1S/C23H19ClN2O2S/c24-17-8-9-20-16(13-17)12-15(14-28-20)7-10-22(27)26-11-3-5-19(26)23-25-18-4-1-2-6-21(18)29-23/h1-2,4,6-10,12-13,19H,3,5,11,14H2/b10-7-/t19-/m1/s1. The first-order valence-corrected chi connectivity index (χ1v) is 10.8. The van der Waals surface area contributed by atoms with Crippen LogP contribution >= 0.6 is 22.9 Å². The largest absolute Gasteiger partial charge is 0.488 e. The maximum absolute atomic E-state index is 12.9. The third kappa shape index (κ3) is 3.68. The predicted octanol–water partition coefficient (Wildman–Crippen LogP) is 5.65. The predicted molar refractivity (Wildman–Crippen MR) is 117 cm³/mol. The molecule has 3 aromatic rings. The number of ether oxygens (including phenoxy) is 1. The van der Waals surface area contributed by atoms with Gasteiger partial charge in [0.05, 0.1) is 16.3 Å². The maximum atomic E-state index is 12.9.